The smallest absolute Gasteiger partial charge is 0.311 e. The van der Waals surface area contributed by atoms with Crippen molar-refractivity contribution in [1.82, 2.24) is 0 Å². The number of amides is 1. The van der Waals surface area contributed by atoms with Gasteiger partial charge in [0, 0.05) is 31.1 Å². The molecule has 0 aromatic heterocycles. The molecule has 0 bridgehead atoms. The third-order valence-corrected chi connectivity index (χ3v) is 6.29. The lowest BCUT2D eigenvalue weighted by atomic mass is 9.79. The van der Waals surface area contributed by atoms with E-state index in [2.05, 4.69) is 0 Å². The molecule has 4 atom stereocenters. The number of anilines is 1. The molecular formula is C24H35N3O8. The van der Waals surface area contributed by atoms with Gasteiger partial charge in [-0.1, -0.05) is 26.8 Å². The number of carboxylic acid groups (broad SMARTS) is 1. The Morgan fingerprint density at radius 1 is 1.34 bits per heavy atom. The average molecular weight is 494 g/mol. The molecule has 0 radical (unpaired) electrons. The molecule has 11 nitrogen and oxygen atoms in total. The molecule has 11 heteroatoms. The van der Waals surface area contributed by atoms with E-state index in [0.717, 1.165) is 0 Å². The first kappa shape index (κ1) is 28.2. The first-order valence-electron chi connectivity index (χ1n) is 11.7. The molecule has 0 saturated heterocycles. The number of nitrogens with zero attached hydrogens (tertiary/aromatic N) is 2. The van der Waals surface area contributed by atoms with Gasteiger partial charge in [-0.3, -0.25) is 24.5 Å². The number of aliphatic hydroxyl groups is 1. The highest BCUT2D eigenvalue weighted by molar-refractivity contribution is 5.96. The largest absolute Gasteiger partial charge is 0.481 e. The summed E-state index contributed by atoms with van der Waals surface area (Å²) in [6, 6.07) is 3.49. The van der Waals surface area contributed by atoms with Crippen molar-refractivity contribution in [3.8, 4) is 0 Å². The lowest BCUT2D eigenvalue weighted by Crippen LogP contribution is -2.45. The maximum absolute atomic E-state index is 13.4. The number of aliphatic hydroxyl groups excluding tert-OH is 1. The Balaban J connectivity index is 2.23. The van der Waals surface area contributed by atoms with Gasteiger partial charge in [-0.2, -0.15) is 0 Å². The van der Waals surface area contributed by atoms with Gasteiger partial charge in [0.1, 0.15) is 0 Å². The van der Waals surface area contributed by atoms with E-state index in [0.29, 0.717) is 17.7 Å². The zero-order valence-corrected chi connectivity index (χ0v) is 20.6. The van der Waals surface area contributed by atoms with Crippen LogP contribution in [0.5, 0.6) is 0 Å². The monoisotopic (exact) mass is 493 g/mol. The summed E-state index contributed by atoms with van der Waals surface area (Å²) >= 11 is 0. The first-order valence-corrected chi connectivity index (χ1v) is 11.7. The van der Waals surface area contributed by atoms with Gasteiger partial charge in [0.25, 0.3) is 5.69 Å². The van der Waals surface area contributed by atoms with Gasteiger partial charge in [-0.25, -0.2) is 0 Å². The highest BCUT2D eigenvalue weighted by atomic mass is 16.6. The summed E-state index contributed by atoms with van der Waals surface area (Å²) in [5.41, 5.74) is 6.32. The lowest BCUT2D eigenvalue weighted by Gasteiger charge is -2.36. The Morgan fingerprint density at radius 2 is 2.00 bits per heavy atom. The minimum absolute atomic E-state index is 0.000415. The number of benzene rings is 1. The molecule has 1 heterocycles. The van der Waals surface area contributed by atoms with Gasteiger partial charge in [0.15, 0.2) is 0 Å². The summed E-state index contributed by atoms with van der Waals surface area (Å²) < 4.78 is 5.14. The molecular weight excluding hydrogens is 458 g/mol. The zero-order chi connectivity index (χ0) is 26.5. The minimum Gasteiger partial charge on any atom is -0.481 e. The SMILES string of the molecule is CCOC(=O)[C@@H]1Cc2ccc([N+](=O)[O-])cc2N(C(=O)CC(C)(C)C[C@H](N)[C@@H](O)C[C@@H](C)C(=O)O)C1. The van der Waals surface area contributed by atoms with E-state index >= 15 is 0 Å². The van der Waals surface area contributed by atoms with Crippen LogP contribution in [0.25, 0.3) is 0 Å². The molecule has 1 aromatic carbocycles. The number of hydrogen-bond acceptors (Lipinski definition) is 8. The van der Waals surface area contributed by atoms with Gasteiger partial charge in [0.2, 0.25) is 5.91 Å². The molecule has 0 saturated carbocycles. The zero-order valence-electron chi connectivity index (χ0n) is 20.6. The number of non-ortho nitro benzene ring substituents is 1. The van der Waals surface area contributed by atoms with Crippen molar-refractivity contribution in [1.29, 1.82) is 0 Å². The van der Waals surface area contributed by atoms with Crippen molar-refractivity contribution < 1.29 is 34.3 Å². The average Bonchev–Trinajstić information content (AvgIpc) is 2.76. The predicted octanol–water partition coefficient (Wildman–Crippen LogP) is 2.27. The van der Waals surface area contributed by atoms with E-state index in [1.54, 1.807) is 26.8 Å². The fourth-order valence-corrected chi connectivity index (χ4v) is 4.38. The van der Waals surface area contributed by atoms with E-state index in [4.69, 9.17) is 15.6 Å². The molecule has 1 aromatic rings. The Labute approximate surface area is 204 Å². The summed E-state index contributed by atoms with van der Waals surface area (Å²) in [4.78, 5) is 49.1. The van der Waals surface area contributed by atoms with Gasteiger partial charge in [-0.15, -0.1) is 0 Å². The van der Waals surface area contributed by atoms with E-state index in [1.807, 2.05) is 0 Å². The molecule has 0 spiro atoms. The second-order valence-electron chi connectivity index (χ2n) is 9.98. The van der Waals surface area contributed by atoms with Crippen molar-refractivity contribution in [3.05, 3.63) is 33.9 Å². The predicted molar refractivity (Wildman–Crippen MR) is 128 cm³/mol. The number of carboxylic acids is 1. The second kappa shape index (κ2) is 11.6. The van der Waals surface area contributed by atoms with Crippen LogP contribution >= 0.6 is 0 Å². The number of carbonyl (C=O) groups is 3. The topological polar surface area (TPSA) is 173 Å². The van der Waals surface area contributed by atoms with Crippen LogP contribution in [-0.2, 0) is 25.5 Å². The van der Waals surface area contributed by atoms with E-state index < -0.39 is 46.3 Å². The number of nitro benzene ring substituents is 1. The number of nitrogens with two attached hydrogens (primary N) is 1. The summed E-state index contributed by atoms with van der Waals surface area (Å²) in [5, 5.41) is 30.7. The van der Waals surface area contributed by atoms with Crippen LogP contribution in [0.2, 0.25) is 0 Å². The van der Waals surface area contributed by atoms with E-state index in [-0.39, 0.29) is 44.0 Å². The van der Waals surface area contributed by atoms with E-state index in [9.17, 15) is 29.6 Å². The maximum Gasteiger partial charge on any atom is 0.311 e. The van der Waals surface area contributed by atoms with Crippen molar-refractivity contribution in [3.63, 3.8) is 0 Å². The molecule has 35 heavy (non-hydrogen) atoms. The fourth-order valence-electron chi connectivity index (χ4n) is 4.38. The number of esters is 1. The molecule has 0 aliphatic carbocycles. The number of rotatable bonds is 11. The van der Waals surface area contributed by atoms with Gasteiger partial charge in [0.05, 0.1) is 35.2 Å². The molecule has 0 fully saturated rings. The molecule has 1 aliphatic heterocycles. The molecule has 1 amide bonds. The normalized spacial score (nSPS) is 18.2. The Hall–Kier alpha value is -3.05. The second-order valence-corrected chi connectivity index (χ2v) is 9.98. The number of aliphatic carboxylic acids is 1. The molecule has 4 N–H and O–H groups in total. The van der Waals surface area contributed by atoms with Crippen LogP contribution in [0.4, 0.5) is 11.4 Å². The number of carbonyl (C=O) groups excluding carboxylic acids is 2. The molecule has 2 rings (SSSR count). The van der Waals surface area contributed by atoms with Crippen LogP contribution in [0, 0.1) is 27.4 Å². The van der Waals surface area contributed by atoms with Crippen molar-refractivity contribution in [2.45, 2.75) is 65.5 Å². The summed E-state index contributed by atoms with van der Waals surface area (Å²) in [5.74, 6) is -3.17. The van der Waals surface area contributed by atoms with Crippen LogP contribution in [-0.4, -0.2) is 58.3 Å². The Morgan fingerprint density at radius 3 is 2.57 bits per heavy atom. The van der Waals surface area contributed by atoms with E-state index in [1.165, 1.54) is 24.0 Å². The number of fused-ring (bicyclic) bond motifs is 1. The standard InChI is InChI=1S/C24H35N3O8/c1-5-35-23(32)16-9-15-6-7-17(27(33)34)10-19(15)26(13-16)21(29)12-24(3,4)11-18(25)20(28)8-14(2)22(30)31/h6-7,10,14,16,18,20,28H,5,8-9,11-13,25H2,1-4H3,(H,30,31)/t14-,16-,18+,20+/m1/s1. The van der Waals surface area contributed by atoms with Gasteiger partial charge < -0.3 is 25.6 Å². The summed E-state index contributed by atoms with van der Waals surface area (Å²) in [6.45, 7) is 7.02. The van der Waals surface area contributed by atoms with Crippen LogP contribution in [0.15, 0.2) is 18.2 Å². The maximum atomic E-state index is 13.4. The quantitative estimate of drug-likeness (QED) is 0.237. The lowest BCUT2D eigenvalue weighted by molar-refractivity contribution is -0.384. The minimum atomic E-state index is -1.05. The van der Waals surface area contributed by atoms with Crippen LogP contribution in [0.3, 0.4) is 0 Å². The number of hydrogen-bond donors (Lipinski definition) is 3. The van der Waals surface area contributed by atoms with Crippen molar-refractivity contribution in [2.75, 3.05) is 18.1 Å². The third-order valence-electron chi connectivity index (χ3n) is 6.29. The first-order chi connectivity index (χ1) is 16.3. The highest BCUT2D eigenvalue weighted by Gasteiger charge is 2.37. The summed E-state index contributed by atoms with van der Waals surface area (Å²) in [7, 11) is 0. The number of ether oxygens (including phenoxy) is 1. The fraction of sp³-hybridized carbons (Fsp3) is 0.625. The van der Waals surface area contributed by atoms with Crippen LogP contribution in [0.1, 0.15) is 52.5 Å². The molecule has 0 unspecified atom stereocenters. The third kappa shape index (κ3) is 7.46. The van der Waals surface area contributed by atoms with Gasteiger partial charge in [-0.05, 0) is 37.2 Å². The molecule has 194 valence electrons. The van der Waals surface area contributed by atoms with Crippen molar-refractivity contribution in [2.24, 2.45) is 23.0 Å². The van der Waals surface area contributed by atoms with Crippen molar-refractivity contribution >= 4 is 29.2 Å². The van der Waals surface area contributed by atoms with Crippen LogP contribution < -0.4 is 10.6 Å². The Kier molecular flexibility index (Phi) is 9.33. The van der Waals surface area contributed by atoms with Gasteiger partial charge >= 0.3 is 11.9 Å². The number of nitro groups is 1. The summed E-state index contributed by atoms with van der Waals surface area (Å²) in [6.07, 6.45) is -0.520. The Bertz CT molecular complexity index is 964. The highest BCUT2D eigenvalue weighted by Crippen LogP contribution is 2.36. The molecule has 1 aliphatic rings.